The Balaban J connectivity index is 4.38. The Hall–Kier alpha value is -1.35. The first kappa shape index (κ1) is 17.6. The van der Waals surface area contributed by atoms with Gasteiger partial charge in [0.25, 0.3) is 0 Å². The molecular weight excluding hydrogens is 274 g/mol. The Kier molecular flexibility index (Phi) is 6.23. The maximum absolute atomic E-state index is 11.8. The van der Waals surface area contributed by atoms with Crippen molar-refractivity contribution in [1.82, 2.24) is 14.9 Å². The van der Waals surface area contributed by atoms with Crippen LogP contribution in [0.1, 0.15) is 20.8 Å². The topological polar surface area (TPSA) is 116 Å². The summed E-state index contributed by atoms with van der Waals surface area (Å²) in [6, 6.07) is -0.551. The van der Waals surface area contributed by atoms with E-state index in [-0.39, 0.29) is 13.1 Å². The molecule has 112 valence electrons. The fourth-order valence-corrected chi connectivity index (χ4v) is 1.72. The van der Waals surface area contributed by atoms with Gasteiger partial charge < -0.3 is 15.3 Å². The standard InChI is InChI=1S/C10H21N3O5S/c1-10(2,3)13(7-8(14)15)9(16)11-5-6-12-19(4,17)18/h12H,5-7H2,1-4H3,(H,11,16)(H,14,15). The quantitative estimate of drug-likeness (QED) is 0.568. The SMILES string of the molecule is CC(C)(C)N(CC(=O)O)C(=O)NCCNS(C)(=O)=O. The van der Waals surface area contributed by atoms with Gasteiger partial charge in [-0.05, 0) is 20.8 Å². The molecule has 0 aliphatic rings. The van der Waals surface area contributed by atoms with E-state index in [9.17, 15) is 18.0 Å². The number of carboxylic acid groups (broad SMARTS) is 1. The molecule has 9 heteroatoms. The van der Waals surface area contributed by atoms with E-state index in [1.807, 2.05) is 0 Å². The lowest BCUT2D eigenvalue weighted by Gasteiger charge is -2.34. The van der Waals surface area contributed by atoms with Crippen LogP contribution >= 0.6 is 0 Å². The third-order valence-electron chi connectivity index (χ3n) is 2.11. The number of carboxylic acids is 1. The van der Waals surface area contributed by atoms with Crippen LogP contribution in [0.25, 0.3) is 0 Å². The number of carbonyl (C=O) groups excluding carboxylic acids is 1. The third-order valence-corrected chi connectivity index (χ3v) is 2.84. The van der Waals surface area contributed by atoms with Gasteiger partial charge in [0.05, 0.1) is 6.26 Å². The second kappa shape index (κ2) is 6.71. The Morgan fingerprint density at radius 2 is 1.74 bits per heavy atom. The van der Waals surface area contributed by atoms with E-state index < -0.39 is 34.1 Å². The number of aliphatic carboxylic acids is 1. The minimum Gasteiger partial charge on any atom is -0.480 e. The van der Waals surface area contributed by atoms with Crippen molar-refractivity contribution in [2.45, 2.75) is 26.3 Å². The zero-order valence-electron chi connectivity index (χ0n) is 11.6. The molecule has 19 heavy (non-hydrogen) atoms. The van der Waals surface area contributed by atoms with Crippen molar-refractivity contribution in [3.05, 3.63) is 0 Å². The number of carbonyl (C=O) groups is 2. The molecule has 0 aromatic heterocycles. The summed E-state index contributed by atoms with van der Waals surface area (Å²) in [4.78, 5) is 23.7. The Morgan fingerprint density at radius 3 is 2.11 bits per heavy atom. The molecule has 0 unspecified atom stereocenters. The number of urea groups is 1. The molecular formula is C10H21N3O5S. The van der Waals surface area contributed by atoms with Crippen LogP contribution in [-0.4, -0.2) is 61.9 Å². The van der Waals surface area contributed by atoms with Crippen LogP contribution in [0.4, 0.5) is 4.79 Å². The summed E-state index contributed by atoms with van der Waals surface area (Å²) < 4.78 is 23.8. The second-order valence-electron chi connectivity index (χ2n) is 5.05. The molecule has 0 rings (SSSR count). The minimum atomic E-state index is -3.30. The largest absolute Gasteiger partial charge is 0.480 e. The Labute approximate surface area is 113 Å². The molecule has 0 spiro atoms. The predicted octanol–water partition coefficient (Wildman–Crippen LogP) is -0.570. The summed E-state index contributed by atoms with van der Waals surface area (Å²) in [6.45, 7) is 4.85. The van der Waals surface area contributed by atoms with Crippen molar-refractivity contribution in [2.24, 2.45) is 0 Å². The van der Waals surface area contributed by atoms with Gasteiger partial charge in [-0.1, -0.05) is 0 Å². The fourth-order valence-electron chi connectivity index (χ4n) is 1.25. The zero-order valence-corrected chi connectivity index (χ0v) is 12.4. The molecule has 0 aliphatic carbocycles. The molecule has 0 radical (unpaired) electrons. The van der Waals surface area contributed by atoms with Crippen molar-refractivity contribution in [1.29, 1.82) is 0 Å². The van der Waals surface area contributed by atoms with E-state index in [4.69, 9.17) is 5.11 Å². The van der Waals surface area contributed by atoms with Crippen molar-refractivity contribution in [3.63, 3.8) is 0 Å². The van der Waals surface area contributed by atoms with E-state index >= 15 is 0 Å². The molecule has 8 nitrogen and oxygen atoms in total. The molecule has 0 saturated carbocycles. The van der Waals surface area contributed by atoms with Gasteiger partial charge >= 0.3 is 12.0 Å². The van der Waals surface area contributed by atoms with Crippen LogP contribution in [0.15, 0.2) is 0 Å². The van der Waals surface area contributed by atoms with Crippen molar-refractivity contribution >= 4 is 22.0 Å². The van der Waals surface area contributed by atoms with Gasteiger partial charge in [-0.25, -0.2) is 17.9 Å². The van der Waals surface area contributed by atoms with Crippen LogP contribution in [0.2, 0.25) is 0 Å². The summed E-state index contributed by atoms with van der Waals surface area (Å²) in [6.07, 6.45) is 1.01. The van der Waals surface area contributed by atoms with Gasteiger partial charge in [0, 0.05) is 18.6 Å². The molecule has 0 aromatic carbocycles. The summed E-state index contributed by atoms with van der Waals surface area (Å²) in [5, 5.41) is 11.2. The van der Waals surface area contributed by atoms with Gasteiger partial charge in [-0.15, -0.1) is 0 Å². The van der Waals surface area contributed by atoms with E-state index in [1.54, 1.807) is 20.8 Å². The molecule has 3 N–H and O–H groups in total. The number of nitrogens with zero attached hydrogens (tertiary/aromatic N) is 1. The van der Waals surface area contributed by atoms with Gasteiger partial charge in [0.2, 0.25) is 10.0 Å². The number of nitrogens with one attached hydrogen (secondary N) is 2. The summed E-state index contributed by atoms with van der Waals surface area (Å²) in [7, 11) is -3.30. The van der Waals surface area contributed by atoms with Crippen LogP contribution in [0.5, 0.6) is 0 Å². The maximum Gasteiger partial charge on any atom is 0.323 e. The van der Waals surface area contributed by atoms with Crippen LogP contribution in [-0.2, 0) is 14.8 Å². The molecule has 0 heterocycles. The highest BCUT2D eigenvalue weighted by molar-refractivity contribution is 7.88. The first-order valence-corrected chi connectivity index (χ1v) is 7.54. The van der Waals surface area contributed by atoms with E-state index in [0.29, 0.717) is 0 Å². The first-order chi connectivity index (χ1) is 8.43. The monoisotopic (exact) mass is 295 g/mol. The lowest BCUT2D eigenvalue weighted by atomic mass is 10.1. The average molecular weight is 295 g/mol. The second-order valence-corrected chi connectivity index (χ2v) is 6.88. The molecule has 0 aliphatic heterocycles. The number of amides is 2. The van der Waals surface area contributed by atoms with Crippen molar-refractivity contribution in [2.75, 3.05) is 25.9 Å². The van der Waals surface area contributed by atoms with Crippen molar-refractivity contribution < 1.29 is 23.1 Å². The number of hydrogen-bond acceptors (Lipinski definition) is 4. The van der Waals surface area contributed by atoms with Crippen LogP contribution in [0, 0.1) is 0 Å². The van der Waals surface area contributed by atoms with Gasteiger partial charge in [0.15, 0.2) is 0 Å². The molecule has 0 saturated heterocycles. The number of hydrogen-bond donors (Lipinski definition) is 3. The molecule has 2 amide bonds. The Morgan fingerprint density at radius 1 is 1.21 bits per heavy atom. The van der Waals surface area contributed by atoms with E-state index in [1.165, 1.54) is 0 Å². The van der Waals surface area contributed by atoms with Crippen molar-refractivity contribution in [3.8, 4) is 0 Å². The average Bonchev–Trinajstić information content (AvgIpc) is 2.17. The number of rotatable bonds is 6. The predicted molar refractivity (Wildman–Crippen MR) is 70.3 cm³/mol. The smallest absolute Gasteiger partial charge is 0.323 e. The Bertz CT molecular complexity index is 427. The highest BCUT2D eigenvalue weighted by Gasteiger charge is 2.28. The molecule has 0 atom stereocenters. The third kappa shape index (κ3) is 8.38. The van der Waals surface area contributed by atoms with Crippen LogP contribution in [0.3, 0.4) is 0 Å². The lowest BCUT2D eigenvalue weighted by molar-refractivity contribution is -0.138. The molecule has 0 fully saturated rings. The zero-order chi connectivity index (χ0) is 15.3. The maximum atomic E-state index is 11.8. The minimum absolute atomic E-state index is 0.0512. The molecule has 0 aromatic rings. The summed E-state index contributed by atoms with van der Waals surface area (Å²) in [5.74, 6) is -1.11. The lowest BCUT2D eigenvalue weighted by Crippen LogP contribution is -2.53. The summed E-state index contributed by atoms with van der Waals surface area (Å²) in [5.41, 5.74) is -0.646. The van der Waals surface area contributed by atoms with Gasteiger partial charge in [-0.3, -0.25) is 4.79 Å². The van der Waals surface area contributed by atoms with Gasteiger partial charge in [-0.2, -0.15) is 0 Å². The van der Waals surface area contributed by atoms with Crippen LogP contribution < -0.4 is 10.0 Å². The normalized spacial score (nSPS) is 12.0. The number of sulfonamides is 1. The van der Waals surface area contributed by atoms with E-state index in [0.717, 1.165) is 11.2 Å². The highest BCUT2D eigenvalue weighted by atomic mass is 32.2. The van der Waals surface area contributed by atoms with E-state index in [2.05, 4.69) is 10.0 Å². The highest BCUT2D eigenvalue weighted by Crippen LogP contribution is 2.12. The first-order valence-electron chi connectivity index (χ1n) is 5.65. The summed E-state index contributed by atoms with van der Waals surface area (Å²) >= 11 is 0. The molecule has 0 bridgehead atoms. The fraction of sp³-hybridized carbons (Fsp3) is 0.800. The van der Waals surface area contributed by atoms with Gasteiger partial charge in [0.1, 0.15) is 6.54 Å².